The molecule has 1 unspecified atom stereocenters. The van der Waals surface area contributed by atoms with Crippen LogP contribution in [0.25, 0.3) is 0 Å². The van der Waals surface area contributed by atoms with E-state index in [1.165, 1.54) is 18.2 Å². The summed E-state index contributed by atoms with van der Waals surface area (Å²) in [6.07, 6.45) is 1.75. The number of thioether (sulfide) groups is 1. The first-order valence-electron chi connectivity index (χ1n) is 7.01. The topological polar surface area (TPSA) is 92.1 Å². The van der Waals surface area contributed by atoms with Crippen LogP contribution in [-0.4, -0.2) is 26.2 Å². The van der Waals surface area contributed by atoms with Crippen molar-refractivity contribution in [1.82, 2.24) is 0 Å². The lowest BCUT2D eigenvalue weighted by Gasteiger charge is -2.21. The number of Topliss-reactive ketones (excluding diaryl/α,β-unsaturated/α-hetero) is 2. The number of rotatable bonds is 4. The van der Waals surface area contributed by atoms with Crippen LogP contribution in [-0.2, 0) is 14.6 Å². The maximum Gasteiger partial charge on any atom is 0.198 e. The van der Waals surface area contributed by atoms with E-state index in [2.05, 4.69) is 0 Å². The molecule has 0 N–H and O–H groups in total. The van der Waals surface area contributed by atoms with Crippen molar-refractivity contribution >= 4 is 44.8 Å². The second kappa shape index (κ2) is 7.09. The molecule has 1 aromatic rings. The molecule has 0 heterocycles. The van der Waals surface area contributed by atoms with E-state index in [-0.39, 0.29) is 39.2 Å². The van der Waals surface area contributed by atoms with E-state index in [4.69, 9.17) is 16.9 Å². The van der Waals surface area contributed by atoms with Gasteiger partial charge >= 0.3 is 0 Å². The summed E-state index contributed by atoms with van der Waals surface area (Å²) in [5, 5.41) is 10.8. The second-order valence-corrected chi connectivity index (χ2v) is 8.97. The van der Waals surface area contributed by atoms with E-state index in [0.717, 1.165) is 18.0 Å². The van der Waals surface area contributed by atoms with Gasteiger partial charge in [0.15, 0.2) is 21.4 Å². The molecule has 1 aromatic carbocycles. The molecule has 1 aliphatic carbocycles. The number of allylic oxidation sites excluding steroid dienone is 2. The van der Waals surface area contributed by atoms with Crippen molar-refractivity contribution in [3.8, 4) is 5.40 Å². The van der Waals surface area contributed by atoms with Crippen LogP contribution in [0, 0.1) is 16.6 Å². The van der Waals surface area contributed by atoms with Gasteiger partial charge in [0.25, 0.3) is 0 Å². The number of hydrogen-bond donors (Lipinski definition) is 0. The van der Waals surface area contributed by atoms with Crippen LogP contribution in [0.4, 0.5) is 0 Å². The molecule has 24 heavy (non-hydrogen) atoms. The van der Waals surface area contributed by atoms with Crippen LogP contribution in [0.2, 0.25) is 5.02 Å². The molecule has 8 heteroatoms. The van der Waals surface area contributed by atoms with Crippen LogP contribution in [0.15, 0.2) is 33.6 Å². The van der Waals surface area contributed by atoms with Crippen molar-refractivity contribution in [3.63, 3.8) is 0 Å². The number of nitrogens with zero attached hydrogens (tertiary/aromatic N) is 1. The van der Waals surface area contributed by atoms with E-state index in [9.17, 15) is 18.0 Å². The number of benzene rings is 1. The van der Waals surface area contributed by atoms with Crippen molar-refractivity contribution in [2.45, 2.75) is 24.7 Å². The highest BCUT2D eigenvalue weighted by Crippen LogP contribution is 2.36. The third-order valence-corrected chi connectivity index (χ3v) is 5.77. The van der Waals surface area contributed by atoms with Gasteiger partial charge < -0.3 is 0 Å². The van der Waals surface area contributed by atoms with Crippen LogP contribution in [0.3, 0.4) is 0 Å². The minimum Gasteiger partial charge on any atom is -0.294 e. The SMILES string of the molecule is CC1CC(=O)C(C(=O)c2ccc(S(C)(=O)=O)cc2Cl)=C(SC#N)C1. The summed E-state index contributed by atoms with van der Waals surface area (Å²) in [4.78, 5) is 25.5. The van der Waals surface area contributed by atoms with E-state index in [1.54, 1.807) is 0 Å². The van der Waals surface area contributed by atoms with E-state index < -0.39 is 15.6 Å². The summed E-state index contributed by atoms with van der Waals surface area (Å²) in [5.74, 6) is -0.831. The molecule has 0 saturated carbocycles. The van der Waals surface area contributed by atoms with Gasteiger partial charge in [0.2, 0.25) is 0 Å². The van der Waals surface area contributed by atoms with Crippen LogP contribution in [0.5, 0.6) is 0 Å². The standard InChI is InChI=1S/C16H14ClNO4S2/c1-9-5-13(19)15(14(6-9)23-8-18)16(20)11-4-3-10(7-12(11)17)24(2,21)22/h3-4,7,9H,5-6H2,1-2H3. The first kappa shape index (κ1) is 18.7. The average molecular weight is 384 g/mol. The zero-order valence-corrected chi connectivity index (χ0v) is 15.4. The van der Waals surface area contributed by atoms with Crippen LogP contribution >= 0.6 is 23.4 Å². The number of nitriles is 1. The zero-order valence-electron chi connectivity index (χ0n) is 13.0. The Bertz CT molecular complexity index is 897. The summed E-state index contributed by atoms with van der Waals surface area (Å²) in [5.41, 5.74) is 0.0339. The molecule has 0 bridgehead atoms. The summed E-state index contributed by atoms with van der Waals surface area (Å²) < 4.78 is 23.1. The highest BCUT2D eigenvalue weighted by Gasteiger charge is 2.31. The number of thiocyanates is 1. The Hall–Kier alpha value is -1.62. The minimum atomic E-state index is -3.45. The third kappa shape index (κ3) is 3.89. The number of sulfone groups is 1. The Morgan fingerprint density at radius 1 is 1.38 bits per heavy atom. The Kier molecular flexibility index (Phi) is 5.53. The fourth-order valence-corrected chi connectivity index (χ4v) is 4.28. The lowest BCUT2D eigenvalue weighted by Crippen LogP contribution is -2.22. The van der Waals surface area contributed by atoms with E-state index in [1.807, 2.05) is 12.3 Å². The molecular weight excluding hydrogens is 370 g/mol. The maximum absolute atomic E-state index is 12.7. The van der Waals surface area contributed by atoms with Crippen molar-refractivity contribution in [3.05, 3.63) is 39.3 Å². The van der Waals surface area contributed by atoms with Crippen molar-refractivity contribution < 1.29 is 18.0 Å². The molecular formula is C16H14ClNO4S2. The molecule has 0 fully saturated rings. The molecule has 126 valence electrons. The molecule has 1 aliphatic rings. The minimum absolute atomic E-state index is 0.00625. The largest absolute Gasteiger partial charge is 0.294 e. The Labute approximate surface area is 149 Å². The van der Waals surface area contributed by atoms with Gasteiger partial charge in [0.1, 0.15) is 5.40 Å². The van der Waals surface area contributed by atoms with Gasteiger partial charge in [-0.25, -0.2) is 8.42 Å². The quantitative estimate of drug-likeness (QED) is 0.449. The average Bonchev–Trinajstić information content (AvgIpc) is 2.45. The number of carbonyl (C=O) groups excluding carboxylic acids is 2. The number of carbonyl (C=O) groups is 2. The van der Waals surface area contributed by atoms with E-state index >= 15 is 0 Å². The smallest absolute Gasteiger partial charge is 0.198 e. The molecule has 2 rings (SSSR count). The fourth-order valence-electron chi connectivity index (χ4n) is 2.51. The van der Waals surface area contributed by atoms with Crippen molar-refractivity contribution in [1.29, 1.82) is 5.26 Å². The third-order valence-electron chi connectivity index (χ3n) is 3.63. The molecule has 0 aliphatic heterocycles. The predicted molar refractivity (Wildman–Crippen MR) is 92.5 cm³/mol. The van der Waals surface area contributed by atoms with Gasteiger partial charge in [-0.3, -0.25) is 9.59 Å². The highest BCUT2D eigenvalue weighted by atomic mass is 35.5. The molecule has 5 nitrogen and oxygen atoms in total. The van der Waals surface area contributed by atoms with E-state index in [0.29, 0.717) is 11.3 Å². The molecule has 1 atom stereocenters. The Morgan fingerprint density at radius 3 is 2.58 bits per heavy atom. The number of ketones is 2. The predicted octanol–water partition coefficient (Wildman–Crippen LogP) is 3.39. The molecule has 0 spiro atoms. The monoisotopic (exact) mass is 383 g/mol. The summed E-state index contributed by atoms with van der Waals surface area (Å²) in [6, 6.07) is 3.77. The Morgan fingerprint density at radius 2 is 2.04 bits per heavy atom. The van der Waals surface area contributed by atoms with Gasteiger partial charge in [-0.05, 0) is 42.3 Å². The van der Waals surface area contributed by atoms with Crippen molar-refractivity contribution in [2.75, 3.05) is 6.26 Å². The lowest BCUT2D eigenvalue weighted by molar-refractivity contribution is -0.116. The van der Waals surface area contributed by atoms with Gasteiger partial charge in [-0.1, -0.05) is 18.5 Å². The van der Waals surface area contributed by atoms with Gasteiger partial charge in [0.05, 0.1) is 15.5 Å². The van der Waals surface area contributed by atoms with Crippen LogP contribution in [0.1, 0.15) is 30.1 Å². The van der Waals surface area contributed by atoms with Crippen LogP contribution < -0.4 is 0 Å². The lowest BCUT2D eigenvalue weighted by atomic mass is 9.86. The molecule has 0 radical (unpaired) electrons. The summed E-state index contributed by atoms with van der Waals surface area (Å²) in [6.45, 7) is 1.88. The Balaban J connectivity index is 2.52. The fraction of sp³-hybridized carbons (Fsp3) is 0.312. The first-order chi connectivity index (χ1) is 11.1. The number of halogens is 1. The van der Waals surface area contributed by atoms with Gasteiger partial charge in [0, 0.05) is 23.1 Å². The molecule has 0 aromatic heterocycles. The first-order valence-corrected chi connectivity index (χ1v) is 10.1. The normalized spacial score (nSPS) is 18.4. The summed E-state index contributed by atoms with van der Waals surface area (Å²) in [7, 11) is -3.45. The van der Waals surface area contributed by atoms with Gasteiger partial charge in [-0.15, -0.1) is 0 Å². The number of hydrogen-bond acceptors (Lipinski definition) is 6. The maximum atomic E-state index is 12.7. The highest BCUT2D eigenvalue weighted by molar-refractivity contribution is 8.07. The van der Waals surface area contributed by atoms with Gasteiger partial charge in [-0.2, -0.15) is 5.26 Å². The second-order valence-electron chi connectivity index (χ2n) is 5.67. The zero-order chi connectivity index (χ0) is 18.1. The molecule has 0 saturated heterocycles. The summed E-state index contributed by atoms with van der Waals surface area (Å²) >= 11 is 6.87. The molecule has 0 amide bonds. The van der Waals surface area contributed by atoms with Crippen molar-refractivity contribution in [2.24, 2.45) is 5.92 Å².